The molecule has 0 bridgehead atoms. The van der Waals surface area contributed by atoms with Crippen LogP contribution < -0.4 is 5.32 Å². The minimum atomic E-state index is -0.340. The Bertz CT molecular complexity index is 411. The van der Waals surface area contributed by atoms with E-state index in [0.717, 1.165) is 25.8 Å². The van der Waals surface area contributed by atoms with Gasteiger partial charge < -0.3 is 15.5 Å². The molecule has 3 atom stereocenters. The highest BCUT2D eigenvalue weighted by Gasteiger charge is 2.23. The van der Waals surface area contributed by atoms with Gasteiger partial charge in [0, 0.05) is 11.6 Å². The normalized spacial score (nSPS) is 25.3. The number of benzene rings is 1. The van der Waals surface area contributed by atoms with Gasteiger partial charge in [0.2, 0.25) is 0 Å². The lowest BCUT2D eigenvalue weighted by Gasteiger charge is -2.18. The third kappa shape index (κ3) is 3.21. The number of aliphatic hydroxyl groups excluding tert-OH is 1. The van der Waals surface area contributed by atoms with Gasteiger partial charge in [-0.15, -0.1) is 0 Å². The Hall–Kier alpha value is -1.13. The highest BCUT2D eigenvalue weighted by Crippen LogP contribution is 2.27. The summed E-state index contributed by atoms with van der Waals surface area (Å²) >= 11 is 0. The van der Waals surface area contributed by atoms with Crippen LogP contribution in [0.5, 0.6) is 5.75 Å². The molecule has 0 spiro atoms. The molecule has 2 rings (SSSR count). The van der Waals surface area contributed by atoms with E-state index >= 15 is 0 Å². The smallest absolute Gasteiger partial charge is 0.123 e. The zero-order valence-corrected chi connectivity index (χ0v) is 10.6. The molecule has 3 unspecified atom stereocenters. The lowest BCUT2D eigenvalue weighted by molar-refractivity contribution is 0.177. The van der Waals surface area contributed by atoms with Crippen molar-refractivity contribution >= 4 is 0 Å². The van der Waals surface area contributed by atoms with E-state index < -0.39 is 0 Å². The van der Waals surface area contributed by atoms with Crippen molar-refractivity contribution in [3.05, 3.63) is 29.6 Å². The summed E-state index contributed by atoms with van der Waals surface area (Å²) in [4.78, 5) is 0. The van der Waals surface area contributed by atoms with E-state index in [1.807, 2.05) is 6.92 Å². The predicted molar refractivity (Wildman–Crippen MR) is 67.8 cm³/mol. The van der Waals surface area contributed by atoms with E-state index in [0.29, 0.717) is 11.5 Å². The Balaban J connectivity index is 1.91. The number of phenolic OH excluding ortho intramolecular Hbond substituents is 1. The van der Waals surface area contributed by atoms with Crippen LogP contribution in [0.4, 0.5) is 4.39 Å². The number of phenols is 1. The molecule has 0 saturated heterocycles. The van der Waals surface area contributed by atoms with Crippen LogP contribution in [0.3, 0.4) is 0 Å². The summed E-state index contributed by atoms with van der Waals surface area (Å²) in [5.74, 6) is 0.244. The maximum Gasteiger partial charge on any atom is 0.123 e. The van der Waals surface area contributed by atoms with Crippen LogP contribution in [0.15, 0.2) is 18.2 Å². The largest absolute Gasteiger partial charge is 0.508 e. The van der Waals surface area contributed by atoms with Gasteiger partial charge in [-0.2, -0.15) is 0 Å². The minimum Gasteiger partial charge on any atom is -0.508 e. The average Bonchev–Trinajstić information content (AvgIpc) is 2.75. The Morgan fingerprint density at radius 2 is 2.22 bits per heavy atom. The molecule has 3 nitrogen and oxygen atoms in total. The van der Waals surface area contributed by atoms with Crippen LogP contribution >= 0.6 is 0 Å². The average molecular weight is 253 g/mol. The third-order valence-electron chi connectivity index (χ3n) is 3.68. The second-order valence-electron chi connectivity index (χ2n) is 5.17. The van der Waals surface area contributed by atoms with Crippen molar-refractivity contribution in [2.24, 2.45) is 5.92 Å². The second-order valence-corrected chi connectivity index (χ2v) is 5.17. The molecular weight excluding hydrogens is 233 g/mol. The summed E-state index contributed by atoms with van der Waals surface area (Å²) in [5, 5.41) is 22.4. The molecule has 0 aliphatic heterocycles. The summed E-state index contributed by atoms with van der Waals surface area (Å²) < 4.78 is 13.1. The number of hydrogen-bond acceptors (Lipinski definition) is 3. The summed E-state index contributed by atoms with van der Waals surface area (Å²) in [6.45, 7) is 2.69. The molecule has 1 aliphatic rings. The summed E-state index contributed by atoms with van der Waals surface area (Å²) in [6.07, 6.45) is 2.55. The van der Waals surface area contributed by atoms with Crippen molar-refractivity contribution in [3.63, 3.8) is 0 Å². The van der Waals surface area contributed by atoms with Crippen molar-refractivity contribution in [1.82, 2.24) is 5.32 Å². The fourth-order valence-electron chi connectivity index (χ4n) is 2.56. The fourth-order valence-corrected chi connectivity index (χ4v) is 2.56. The maximum absolute atomic E-state index is 13.1. The lowest BCUT2D eigenvalue weighted by atomic mass is 10.0. The fraction of sp³-hybridized carbons (Fsp3) is 0.571. The molecular formula is C14H20FNO2. The van der Waals surface area contributed by atoms with Gasteiger partial charge in [-0.1, -0.05) is 0 Å². The van der Waals surface area contributed by atoms with Crippen LogP contribution in [-0.2, 0) is 0 Å². The van der Waals surface area contributed by atoms with Crippen LogP contribution in [0.2, 0.25) is 0 Å². The van der Waals surface area contributed by atoms with Gasteiger partial charge in [0.15, 0.2) is 0 Å². The van der Waals surface area contributed by atoms with Crippen LogP contribution in [0.25, 0.3) is 0 Å². The van der Waals surface area contributed by atoms with Crippen LogP contribution in [0, 0.1) is 11.7 Å². The van der Waals surface area contributed by atoms with E-state index in [1.165, 1.54) is 18.2 Å². The first-order chi connectivity index (χ1) is 8.56. The summed E-state index contributed by atoms with van der Waals surface area (Å²) in [7, 11) is 0. The number of halogens is 1. The molecule has 0 radical (unpaired) electrons. The SMILES string of the molecule is CC(NCC1CCC(O)C1)c1cc(F)ccc1O. The Morgan fingerprint density at radius 3 is 2.89 bits per heavy atom. The molecule has 1 fully saturated rings. The predicted octanol–water partition coefficient (Wildman–Crippen LogP) is 2.34. The first kappa shape index (κ1) is 13.3. The Morgan fingerprint density at radius 1 is 1.44 bits per heavy atom. The van der Waals surface area contributed by atoms with Crippen LogP contribution in [-0.4, -0.2) is 22.9 Å². The summed E-state index contributed by atoms with van der Waals surface area (Å²) in [6, 6.07) is 3.89. The van der Waals surface area contributed by atoms with Gasteiger partial charge in [-0.3, -0.25) is 0 Å². The topological polar surface area (TPSA) is 52.5 Å². The quantitative estimate of drug-likeness (QED) is 0.772. The molecule has 4 heteroatoms. The number of rotatable bonds is 4. The van der Waals surface area contributed by atoms with Crippen molar-refractivity contribution in [1.29, 1.82) is 0 Å². The molecule has 1 aromatic rings. The lowest BCUT2D eigenvalue weighted by Crippen LogP contribution is -2.25. The molecule has 18 heavy (non-hydrogen) atoms. The van der Waals surface area contributed by atoms with E-state index in [2.05, 4.69) is 5.32 Å². The highest BCUT2D eigenvalue weighted by atomic mass is 19.1. The standard InChI is InChI=1S/C14H20FNO2/c1-9(13-7-11(15)3-5-14(13)18)16-8-10-2-4-12(17)6-10/h3,5,7,9-10,12,16-18H,2,4,6,8H2,1H3. The van der Waals surface area contributed by atoms with E-state index in [9.17, 15) is 14.6 Å². The van der Waals surface area contributed by atoms with Gasteiger partial charge in [-0.05, 0) is 56.8 Å². The van der Waals surface area contributed by atoms with Gasteiger partial charge in [0.1, 0.15) is 11.6 Å². The molecule has 1 aromatic carbocycles. The van der Waals surface area contributed by atoms with E-state index in [4.69, 9.17) is 0 Å². The van der Waals surface area contributed by atoms with E-state index in [1.54, 1.807) is 0 Å². The number of nitrogens with one attached hydrogen (secondary N) is 1. The number of hydrogen-bond donors (Lipinski definition) is 3. The first-order valence-electron chi connectivity index (χ1n) is 6.46. The Labute approximate surface area is 107 Å². The molecule has 1 aliphatic carbocycles. The van der Waals surface area contributed by atoms with Crippen molar-refractivity contribution < 1.29 is 14.6 Å². The molecule has 3 N–H and O–H groups in total. The van der Waals surface area contributed by atoms with Gasteiger partial charge in [-0.25, -0.2) is 4.39 Å². The third-order valence-corrected chi connectivity index (χ3v) is 3.68. The van der Waals surface area contributed by atoms with Crippen molar-refractivity contribution in [2.75, 3.05) is 6.54 Å². The monoisotopic (exact) mass is 253 g/mol. The molecule has 100 valence electrons. The highest BCUT2D eigenvalue weighted by molar-refractivity contribution is 5.34. The zero-order valence-electron chi connectivity index (χ0n) is 10.6. The number of aromatic hydroxyl groups is 1. The zero-order chi connectivity index (χ0) is 13.1. The maximum atomic E-state index is 13.1. The van der Waals surface area contributed by atoms with Crippen molar-refractivity contribution in [3.8, 4) is 5.75 Å². The first-order valence-corrected chi connectivity index (χ1v) is 6.46. The van der Waals surface area contributed by atoms with Crippen molar-refractivity contribution in [2.45, 2.75) is 38.3 Å². The van der Waals surface area contributed by atoms with Crippen LogP contribution in [0.1, 0.15) is 37.8 Å². The van der Waals surface area contributed by atoms with E-state index in [-0.39, 0.29) is 23.7 Å². The summed E-state index contributed by atoms with van der Waals surface area (Å²) in [5.41, 5.74) is 0.577. The number of aliphatic hydroxyl groups is 1. The molecule has 0 heterocycles. The second kappa shape index (κ2) is 5.67. The minimum absolute atomic E-state index is 0.0987. The molecule has 0 amide bonds. The van der Waals surface area contributed by atoms with Gasteiger partial charge in [0.05, 0.1) is 6.10 Å². The molecule has 1 saturated carbocycles. The Kier molecular flexibility index (Phi) is 4.19. The van der Waals surface area contributed by atoms with Gasteiger partial charge in [0.25, 0.3) is 0 Å². The molecule has 0 aromatic heterocycles. The van der Waals surface area contributed by atoms with Gasteiger partial charge >= 0.3 is 0 Å².